The molecule has 0 amide bonds. The molecular formula is C14H21N3O2. The van der Waals surface area contributed by atoms with Crippen LogP contribution in [0.15, 0.2) is 29.3 Å². The predicted octanol–water partition coefficient (Wildman–Crippen LogP) is 1.02. The molecule has 0 saturated carbocycles. The van der Waals surface area contributed by atoms with Crippen molar-refractivity contribution >= 4 is 5.96 Å². The Balaban J connectivity index is 1.73. The van der Waals surface area contributed by atoms with E-state index in [-0.39, 0.29) is 0 Å². The van der Waals surface area contributed by atoms with E-state index in [0.29, 0.717) is 19.1 Å². The molecule has 0 unspecified atom stereocenters. The summed E-state index contributed by atoms with van der Waals surface area (Å²) in [5, 5.41) is 0. The van der Waals surface area contributed by atoms with E-state index in [1.807, 2.05) is 36.1 Å². The molecule has 2 rings (SSSR count). The number of nitrogens with two attached hydrogens (primary N) is 1. The number of rotatable bonds is 4. The minimum atomic E-state index is 0.536. The fourth-order valence-corrected chi connectivity index (χ4v) is 1.92. The van der Waals surface area contributed by atoms with Crippen LogP contribution in [0, 0.1) is 6.92 Å². The number of aliphatic imine (C=N–C) groups is 1. The molecule has 1 aromatic rings. The van der Waals surface area contributed by atoms with Crippen LogP contribution in [-0.4, -0.2) is 50.3 Å². The summed E-state index contributed by atoms with van der Waals surface area (Å²) in [4.78, 5) is 6.36. The Kier molecular flexibility index (Phi) is 5.03. The zero-order valence-electron chi connectivity index (χ0n) is 11.3. The van der Waals surface area contributed by atoms with Crippen LogP contribution >= 0.6 is 0 Å². The SMILES string of the molecule is Cc1cccc(OCCN=C(N)N2CCOCC2)c1. The number of benzene rings is 1. The van der Waals surface area contributed by atoms with Crippen molar-refractivity contribution in [2.45, 2.75) is 6.92 Å². The highest BCUT2D eigenvalue weighted by Crippen LogP contribution is 2.11. The summed E-state index contributed by atoms with van der Waals surface area (Å²) in [5.41, 5.74) is 7.11. The smallest absolute Gasteiger partial charge is 0.191 e. The monoisotopic (exact) mass is 263 g/mol. The van der Waals surface area contributed by atoms with Gasteiger partial charge in [0.2, 0.25) is 0 Å². The van der Waals surface area contributed by atoms with Crippen LogP contribution < -0.4 is 10.5 Å². The molecule has 0 bridgehead atoms. The molecule has 1 aromatic carbocycles. The third kappa shape index (κ3) is 4.44. The Bertz CT molecular complexity index is 428. The van der Waals surface area contributed by atoms with Crippen LogP contribution in [0.25, 0.3) is 0 Å². The van der Waals surface area contributed by atoms with Gasteiger partial charge in [0, 0.05) is 13.1 Å². The third-order valence-corrected chi connectivity index (χ3v) is 2.96. The van der Waals surface area contributed by atoms with E-state index in [0.717, 1.165) is 32.1 Å². The van der Waals surface area contributed by atoms with Crippen molar-refractivity contribution in [1.82, 2.24) is 4.90 Å². The first kappa shape index (κ1) is 13.7. The van der Waals surface area contributed by atoms with E-state index in [4.69, 9.17) is 15.2 Å². The lowest BCUT2D eigenvalue weighted by molar-refractivity contribution is 0.0674. The maximum atomic E-state index is 5.92. The summed E-state index contributed by atoms with van der Waals surface area (Å²) < 4.78 is 10.9. The quantitative estimate of drug-likeness (QED) is 0.500. The van der Waals surface area contributed by atoms with Gasteiger partial charge in [0.05, 0.1) is 19.8 Å². The number of hydrogen-bond donors (Lipinski definition) is 1. The Labute approximate surface area is 114 Å². The van der Waals surface area contributed by atoms with Crippen molar-refractivity contribution in [3.8, 4) is 5.75 Å². The Morgan fingerprint density at radius 1 is 1.42 bits per heavy atom. The number of ether oxygens (including phenoxy) is 2. The van der Waals surface area contributed by atoms with Gasteiger partial charge in [0.25, 0.3) is 0 Å². The van der Waals surface area contributed by atoms with E-state index >= 15 is 0 Å². The summed E-state index contributed by atoms with van der Waals surface area (Å²) in [6.07, 6.45) is 0. The van der Waals surface area contributed by atoms with Gasteiger partial charge in [-0.25, -0.2) is 4.99 Å². The van der Waals surface area contributed by atoms with Crippen molar-refractivity contribution in [2.75, 3.05) is 39.5 Å². The molecule has 5 heteroatoms. The maximum absolute atomic E-state index is 5.92. The summed E-state index contributed by atoms with van der Waals surface area (Å²) in [5.74, 6) is 1.45. The van der Waals surface area contributed by atoms with Gasteiger partial charge in [-0.2, -0.15) is 0 Å². The van der Waals surface area contributed by atoms with E-state index < -0.39 is 0 Å². The van der Waals surface area contributed by atoms with Crippen molar-refractivity contribution in [2.24, 2.45) is 10.7 Å². The molecule has 0 aromatic heterocycles. The minimum Gasteiger partial charge on any atom is -0.492 e. The molecule has 19 heavy (non-hydrogen) atoms. The summed E-state index contributed by atoms with van der Waals surface area (Å²) in [6.45, 7) is 6.21. The first-order chi connectivity index (χ1) is 9.25. The van der Waals surface area contributed by atoms with Crippen molar-refractivity contribution in [3.05, 3.63) is 29.8 Å². The molecule has 0 aliphatic carbocycles. The highest BCUT2D eigenvalue weighted by atomic mass is 16.5. The lowest BCUT2D eigenvalue weighted by Crippen LogP contribution is -2.45. The van der Waals surface area contributed by atoms with Gasteiger partial charge in [0.15, 0.2) is 5.96 Å². The molecule has 1 heterocycles. The Morgan fingerprint density at radius 2 is 2.21 bits per heavy atom. The molecule has 2 N–H and O–H groups in total. The molecule has 104 valence electrons. The van der Waals surface area contributed by atoms with Crippen LogP contribution in [0.5, 0.6) is 5.75 Å². The molecule has 1 aliphatic rings. The lowest BCUT2D eigenvalue weighted by Gasteiger charge is -2.27. The van der Waals surface area contributed by atoms with E-state index in [9.17, 15) is 0 Å². The highest BCUT2D eigenvalue weighted by molar-refractivity contribution is 5.78. The Morgan fingerprint density at radius 3 is 2.95 bits per heavy atom. The zero-order chi connectivity index (χ0) is 13.5. The summed E-state index contributed by atoms with van der Waals surface area (Å²) in [7, 11) is 0. The van der Waals surface area contributed by atoms with Crippen LogP contribution in [0.2, 0.25) is 0 Å². The fraction of sp³-hybridized carbons (Fsp3) is 0.500. The molecule has 1 fully saturated rings. The van der Waals surface area contributed by atoms with Crippen LogP contribution in [0.3, 0.4) is 0 Å². The summed E-state index contributed by atoms with van der Waals surface area (Å²) >= 11 is 0. The third-order valence-electron chi connectivity index (χ3n) is 2.96. The first-order valence-electron chi connectivity index (χ1n) is 6.58. The van der Waals surface area contributed by atoms with Gasteiger partial charge >= 0.3 is 0 Å². The van der Waals surface area contributed by atoms with Gasteiger partial charge in [-0.1, -0.05) is 12.1 Å². The predicted molar refractivity (Wildman–Crippen MR) is 75.6 cm³/mol. The van der Waals surface area contributed by atoms with Crippen LogP contribution in [-0.2, 0) is 4.74 Å². The highest BCUT2D eigenvalue weighted by Gasteiger charge is 2.11. The second-order valence-electron chi connectivity index (χ2n) is 4.50. The molecule has 0 atom stereocenters. The van der Waals surface area contributed by atoms with Gasteiger partial charge in [-0.05, 0) is 24.6 Å². The molecular weight excluding hydrogens is 242 g/mol. The minimum absolute atomic E-state index is 0.536. The molecule has 1 saturated heterocycles. The van der Waals surface area contributed by atoms with E-state index in [1.54, 1.807) is 0 Å². The van der Waals surface area contributed by atoms with E-state index in [1.165, 1.54) is 5.56 Å². The van der Waals surface area contributed by atoms with Gasteiger partial charge in [0.1, 0.15) is 12.4 Å². The van der Waals surface area contributed by atoms with Crippen LogP contribution in [0.4, 0.5) is 0 Å². The lowest BCUT2D eigenvalue weighted by atomic mass is 10.2. The Hall–Kier alpha value is -1.75. The number of aryl methyl sites for hydroxylation is 1. The maximum Gasteiger partial charge on any atom is 0.191 e. The second kappa shape index (κ2) is 6.99. The molecule has 5 nitrogen and oxygen atoms in total. The van der Waals surface area contributed by atoms with Gasteiger partial charge in [-0.15, -0.1) is 0 Å². The topological polar surface area (TPSA) is 60.1 Å². The van der Waals surface area contributed by atoms with E-state index in [2.05, 4.69) is 4.99 Å². The second-order valence-corrected chi connectivity index (χ2v) is 4.50. The van der Waals surface area contributed by atoms with Crippen molar-refractivity contribution < 1.29 is 9.47 Å². The zero-order valence-corrected chi connectivity index (χ0v) is 11.3. The molecule has 0 radical (unpaired) electrons. The number of guanidine groups is 1. The standard InChI is InChI=1S/C14H21N3O2/c1-12-3-2-4-13(11-12)19-8-5-16-14(15)17-6-9-18-10-7-17/h2-4,11H,5-10H2,1H3,(H2,15,16). The van der Waals surface area contributed by atoms with Gasteiger partial charge < -0.3 is 20.1 Å². The number of nitrogens with zero attached hydrogens (tertiary/aromatic N) is 2. The average molecular weight is 263 g/mol. The average Bonchev–Trinajstić information content (AvgIpc) is 2.44. The number of morpholine rings is 1. The molecule has 1 aliphatic heterocycles. The first-order valence-corrected chi connectivity index (χ1v) is 6.58. The molecule has 0 spiro atoms. The fourth-order valence-electron chi connectivity index (χ4n) is 1.92. The van der Waals surface area contributed by atoms with Crippen molar-refractivity contribution in [3.63, 3.8) is 0 Å². The summed E-state index contributed by atoms with van der Waals surface area (Å²) in [6, 6.07) is 7.98. The van der Waals surface area contributed by atoms with Gasteiger partial charge in [-0.3, -0.25) is 0 Å². The van der Waals surface area contributed by atoms with Crippen LogP contribution in [0.1, 0.15) is 5.56 Å². The number of hydrogen-bond acceptors (Lipinski definition) is 3. The largest absolute Gasteiger partial charge is 0.492 e. The van der Waals surface area contributed by atoms with Crippen molar-refractivity contribution in [1.29, 1.82) is 0 Å². The normalized spacial score (nSPS) is 16.5.